The quantitative estimate of drug-likeness (QED) is 0.901. The monoisotopic (exact) mass is 356 g/mol. The van der Waals surface area contributed by atoms with Gasteiger partial charge in [0.15, 0.2) is 11.5 Å². The Kier molecular flexibility index (Phi) is 4.59. The summed E-state index contributed by atoms with van der Waals surface area (Å²) in [6, 6.07) is 9.66. The summed E-state index contributed by atoms with van der Waals surface area (Å²) in [5.41, 5.74) is 1.82. The molecule has 25 heavy (non-hydrogen) atoms. The molecule has 6 heteroatoms. The molecule has 1 amide bonds. The van der Waals surface area contributed by atoms with E-state index in [9.17, 15) is 14.7 Å². The highest BCUT2D eigenvalue weighted by Gasteiger charge is 2.45. The first-order valence-electron chi connectivity index (χ1n) is 7.93. The summed E-state index contributed by atoms with van der Waals surface area (Å²) >= 11 is 6.20. The van der Waals surface area contributed by atoms with Crippen LogP contribution in [0.15, 0.2) is 53.9 Å². The van der Waals surface area contributed by atoms with Crippen molar-refractivity contribution in [3.05, 3.63) is 70.2 Å². The smallest absolute Gasteiger partial charge is 0.294 e. The highest BCUT2D eigenvalue weighted by atomic mass is 35.5. The number of hydrogen-bond acceptors (Lipinski definition) is 4. The third-order valence-corrected chi connectivity index (χ3v) is 4.71. The number of amides is 1. The predicted molar refractivity (Wildman–Crippen MR) is 95.6 cm³/mol. The molecule has 1 aromatic carbocycles. The maximum absolute atomic E-state index is 12.8. The minimum Gasteiger partial charge on any atom is -0.503 e. The molecule has 1 aliphatic rings. The molecule has 0 fully saturated rings. The molecule has 1 unspecified atom stereocenters. The Labute approximate surface area is 150 Å². The summed E-state index contributed by atoms with van der Waals surface area (Å²) in [6.45, 7) is 3.48. The molecule has 1 atom stereocenters. The topological polar surface area (TPSA) is 70.5 Å². The molecule has 0 bridgehead atoms. The number of rotatable bonds is 4. The lowest BCUT2D eigenvalue weighted by Crippen LogP contribution is -2.32. The third-order valence-electron chi connectivity index (χ3n) is 4.30. The molecule has 1 aliphatic heterocycles. The Balaban J connectivity index is 2.23. The van der Waals surface area contributed by atoms with Gasteiger partial charge in [0.25, 0.3) is 5.91 Å². The van der Waals surface area contributed by atoms with Crippen molar-refractivity contribution >= 4 is 29.0 Å². The number of anilines is 1. The number of benzene rings is 1. The van der Waals surface area contributed by atoms with E-state index in [1.165, 1.54) is 4.90 Å². The van der Waals surface area contributed by atoms with E-state index in [1.807, 2.05) is 0 Å². The van der Waals surface area contributed by atoms with Crippen LogP contribution in [0.2, 0.25) is 5.02 Å². The Bertz CT molecular complexity index is 877. The Morgan fingerprint density at radius 1 is 1.28 bits per heavy atom. The summed E-state index contributed by atoms with van der Waals surface area (Å²) in [5, 5.41) is 10.9. The van der Waals surface area contributed by atoms with Crippen LogP contribution >= 0.6 is 11.6 Å². The molecule has 1 N–H and O–H groups in total. The van der Waals surface area contributed by atoms with Gasteiger partial charge in [0.1, 0.15) is 6.04 Å². The van der Waals surface area contributed by atoms with Gasteiger partial charge < -0.3 is 5.11 Å². The van der Waals surface area contributed by atoms with Gasteiger partial charge in [0.05, 0.1) is 11.3 Å². The van der Waals surface area contributed by atoms with Crippen LogP contribution in [0.3, 0.4) is 0 Å². The predicted octanol–water partition coefficient (Wildman–Crippen LogP) is 3.92. The number of hydrogen-bond donors (Lipinski definition) is 1. The SMILES string of the molecule is CCC(=O)C1=C(O)C(=O)N(c2cccc(Cl)c2C)C1c1ccccn1. The van der Waals surface area contributed by atoms with Crippen LogP contribution < -0.4 is 4.90 Å². The first-order valence-corrected chi connectivity index (χ1v) is 8.31. The van der Waals surface area contributed by atoms with Crippen molar-refractivity contribution in [3.8, 4) is 0 Å². The van der Waals surface area contributed by atoms with Crippen LogP contribution in [0.5, 0.6) is 0 Å². The average Bonchev–Trinajstić information content (AvgIpc) is 2.89. The first-order chi connectivity index (χ1) is 12.0. The van der Waals surface area contributed by atoms with Crippen molar-refractivity contribution in [3.63, 3.8) is 0 Å². The van der Waals surface area contributed by atoms with Crippen LogP contribution in [-0.4, -0.2) is 21.8 Å². The van der Waals surface area contributed by atoms with E-state index in [4.69, 9.17) is 11.6 Å². The second-order valence-electron chi connectivity index (χ2n) is 5.76. The van der Waals surface area contributed by atoms with E-state index in [-0.39, 0.29) is 17.8 Å². The molecule has 0 radical (unpaired) electrons. The number of halogens is 1. The number of ketones is 1. The molecule has 1 aromatic heterocycles. The molecule has 2 aromatic rings. The molecule has 0 saturated carbocycles. The summed E-state index contributed by atoms with van der Waals surface area (Å²) in [4.78, 5) is 30.9. The van der Waals surface area contributed by atoms with E-state index in [1.54, 1.807) is 56.4 Å². The number of Topliss-reactive ketones (excluding diaryl/α,β-unsaturated/α-hetero) is 1. The van der Waals surface area contributed by atoms with Gasteiger partial charge in [-0.15, -0.1) is 0 Å². The lowest BCUT2D eigenvalue weighted by molar-refractivity contribution is -0.118. The zero-order valence-electron chi connectivity index (χ0n) is 13.9. The largest absolute Gasteiger partial charge is 0.503 e. The van der Waals surface area contributed by atoms with E-state index in [2.05, 4.69) is 4.98 Å². The Morgan fingerprint density at radius 3 is 2.68 bits per heavy atom. The van der Waals surface area contributed by atoms with Crippen LogP contribution in [-0.2, 0) is 9.59 Å². The zero-order valence-corrected chi connectivity index (χ0v) is 14.6. The number of aliphatic hydroxyl groups is 1. The van der Waals surface area contributed by atoms with Crippen LogP contribution in [0, 0.1) is 6.92 Å². The number of carbonyl (C=O) groups excluding carboxylic acids is 2. The normalized spacial score (nSPS) is 17.3. The average molecular weight is 357 g/mol. The fourth-order valence-corrected chi connectivity index (χ4v) is 3.17. The van der Waals surface area contributed by atoms with Crippen LogP contribution in [0.25, 0.3) is 0 Å². The van der Waals surface area contributed by atoms with Crippen LogP contribution in [0.1, 0.15) is 30.6 Å². The minimum absolute atomic E-state index is 0.0746. The second kappa shape index (κ2) is 6.69. The number of carbonyl (C=O) groups is 2. The van der Waals surface area contributed by atoms with E-state index >= 15 is 0 Å². The fraction of sp³-hybridized carbons (Fsp3) is 0.211. The standard InChI is InChI=1S/C19H17ClN2O3/c1-3-15(23)16-17(13-8-4-5-10-21-13)22(19(25)18(16)24)14-9-6-7-12(20)11(14)2/h4-10,17,24H,3H2,1-2H3. The van der Waals surface area contributed by atoms with Gasteiger partial charge >= 0.3 is 0 Å². The van der Waals surface area contributed by atoms with E-state index < -0.39 is 17.7 Å². The van der Waals surface area contributed by atoms with Gasteiger partial charge in [-0.3, -0.25) is 19.5 Å². The lowest BCUT2D eigenvalue weighted by atomic mass is 9.98. The van der Waals surface area contributed by atoms with Crippen molar-refractivity contribution < 1.29 is 14.7 Å². The van der Waals surface area contributed by atoms with Gasteiger partial charge in [-0.05, 0) is 36.8 Å². The highest BCUT2D eigenvalue weighted by molar-refractivity contribution is 6.32. The summed E-state index contributed by atoms with van der Waals surface area (Å²) in [5.74, 6) is -1.44. The van der Waals surface area contributed by atoms with Gasteiger partial charge in [0, 0.05) is 23.3 Å². The molecule has 0 spiro atoms. The first kappa shape index (κ1) is 17.2. The van der Waals surface area contributed by atoms with Gasteiger partial charge in [0.2, 0.25) is 0 Å². The lowest BCUT2D eigenvalue weighted by Gasteiger charge is -2.27. The highest BCUT2D eigenvalue weighted by Crippen LogP contribution is 2.42. The fourth-order valence-electron chi connectivity index (χ4n) is 3.00. The van der Waals surface area contributed by atoms with Gasteiger partial charge in [-0.1, -0.05) is 30.7 Å². The molecule has 5 nitrogen and oxygen atoms in total. The van der Waals surface area contributed by atoms with Crippen molar-refractivity contribution in [1.29, 1.82) is 0 Å². The maximum Gasteiger partial charge on any atom is 0.294 e. The van der Waals surface area contributed by atoms with Crippen molar-refractivity contribution in [2.75, 3.05) is 4.90 Å². The summed E-state index contributed by atoms with van der Waals surface area (Å²) in [6.07, 6.45) is 1.77. The van der Waals surface area contributed by atoms with Gasteiger partial charge in [-0.25, -0.2) is 0 Å². The summed E-state index contributed by atoms with van der Waals surface area (Å²) in [7, 11) is 0. The number of aromatic nitrogens is 1. The number of pyridine rings is 1. The van der Waals surface area contributed by atoms with Gasteiger partial charge in [-0.2, -0.15) is 0 Å². The zero-order chi connectivity index (χ0) is 18.1. The summed E-state index contributed by atoms with van der Waals surface area (Å²) < 4.78 is 0. The molecule has 0 aliphatic carbocycles. The molecule has 3 rings (SSSR count). The molecule has 128 valence electrons. The molecular formula is C19H17ClN2O3. The van der Waals surface area contributed by atoms with E-state index in [0.717, 1.165) is 0 Å². The Morgan fingerprint density at radius 2 is 2.04 bits per heavy atom. The number of nitrogens with zero attached hydrogens (tertiary/aromatic N) is 2. The van der Waals surface area contributed by atoms with E-state index in [0.29, 0.717) is 22.0 Å². The molecule has 2 heterocycles. The maximum atomic E-state index is 12.8. The molecular weight excluding hydrogens is 340 g/mol. The van der Waals surface area contributed by atoms with Crippen molar-refractivity contribution in [2.45, 2.75) is 26.3 Å². The van der Waals surface area contributed by atoms with Crippen molar-refractivity contribution in [1.82, 2.24) is 4.98 Å². The molecule has 0 saturated heterocycles. The number of aliphatic hydroxyl groups excluding tert-OH is 1. The second-order valence-corrected chi connectivity index (χ2v) is 6.16. The third kappa shape index (κ3) is 2.81. The van der Waals surface area contributed by atoms with Crippen molar-refractivity contribution in [2.24, 2.45) is 0 Å². The Hall–Kier alpha value is -2.66. The van der Waals surface area contributed by atoms with Crippen LogP contribution in [0.4, 0.5) is 5.69 Å². The minimum atomic E-state index is -0.779.